The Kier molecular flexibility index (Phi) is 12.4. The molecule has 0 atom stereocenters. The Balaban J connectivity index is 0.00000480. The number of hydrogen-bond acceptors (Lipinski definition) is 4. The van der Waals surface area contributed by atoms with E-state index in [0.717, 1.165) is 62.6 Å². The molecular formula is C23H37IN4O3. The second-order valence-electron chi connectivity index (χ2n) is 7.47. The van der Waals surface area contributed by atoms with Crippen LogP contribution in [0, 0.1) is 0 Å². The number of allylic oxidation sites excluding steroid dienone is 1. The molecule has 1 aliphatic rings. The highest BCUT2D eigenvalue weighted by Gasteiger charge is 2.22. The van der Waals surface area contributed by atoms with Crippen molar-refractivity contribution in [2.45, 2.75) is 38.6 Å². The minimum Gasteiger partial charge on any atom is -0.493 e. The van der Waals surface area contributed by atoms with Gasteiger partial charge in [0.05, 0.1) is 14.2 Å². The topological polar surface area (TPSA) is 66.4 Å². The minimum atomic E-state index is 0. The lowest BCUT2D eigenvalue weighted by molar-refractivity contribution is -0.132. The average molecular weight is 544 g/mol. The van der Waals surface area contributed by atoms with Crippen molar-refractivity contribution in [2.75, 3.05) is 47.9 Å². The van der Waals surface area contributed by atoms with Gasteiger partial charge in [0.15, 0.2) is 17.5 Å². The van der Waals surface area contributed by atoms with Crippen molar-refractivity contribution < 1.29 is 14.3 Å². The molecule has 0 saturated carbocycles. The van der Waals surface area contributed by atoms with Crippen molar-refractivity contribution >= 4 is 35.8 Å². The van der Waals surface area contributed by atoms with Crippen LogP contribution in [0.15, 0.2) is 29.8 Å². The van der Waals surface area contributed by atoms with E-state index >= 15 is 0 Å². The number of unbranched alkanes of at least 4 members (excludes halogenated alkanes) is 1. The van der Waals surface area contributed by atoms with E-state index in [1.807, 2.05) is 30.2 Å². The molecule has 0 aromatic heterocycles. The van der Waals surface area contributed by atoms with Crippen LogP contribution in [0.1, 0.15) is 36.8 Å². The number of aliphatic imine (C=N–C) groups is 1. The lowest BCUT2D eigenvalue weighted by atomic mass is 9.98. The number of benzene rings is 1. The summed E-state index contributed by atoms with van der Waals surface area (Å²) in [5.74, 6) is 2.49. The van der Waals surface area contributed by atoms with Crippen LogP contribution in [-0.2, 0) is 17.8 Å². The predicted octanol–water partition coefficient (Wildman–Crippen LogP) is 3.46. The summed E-state index contributed by atoms with van der Waals surface area (Å²) in [6.45, 7) is 6.76. The van der Waals surface area contributed by atoms with Gasteiger partial charge in [-0.25, -0.2) is 0 Å². The van der Waals surface area contributed by atoms with Gasteiger partial charge in [-0.1, -0.05) is 6.08 Å². The van der Waals surface area contributed by atoms with E-state index in [4.69, 9.17) is 9.47 Å². The summed E-state index contributed by atoms with van der Waals surface area (Å²) in [4.78, 5) is 21.1. The van der Waals surface area contributed by atoms with Gasteiger partial charge in [0.25, 0.3) is 0 Å². The van der Waals surface area contributed by atoms with Crippen molar-refractivity contribution in [1.82, 2.24) is 15.1 Å². The van der Waals surface area contributed by atoms with Crippen LogP contribution in [0.4, 0.5) is 0 Å². The molecule has 0 aliphatic carbocycles. The molecule has 2 rings (SSSR count). The first kappa shape index (κ1) is 27.1. The van der Waals surface area contributed by atoms with Crippen LogP contribution in [-0.4, -0.2) is 69.6 Å². The van der Waals surface area contributed by atoms with E-state index in [2.05, 4.69) is 21.8 Å². The Morgan fingerprint density at radius 1 is 1.26 bits per heavy atom. The first-order chi connectivity index (χ1) is 14.5. The summed E-state index contributed by atoms with van der Waals surface area (Å²) >= 11 is 0. The maximum Gasteiger partial charge on any atom is 0.222 e. The number of amides is 1. The zero-order valence-electron chi connectivity index (χ0n) is 19.3. The number of carbonyl (C=O) groups excluding carboxylic acids is 1. The summed E-state index contributed by atoms with van der Waals surface area (Å²) in [7, 11) is 7.09. The average Bonchev–Trinajstić information content (AvgIpc) is 2.77. The normalized spacial score (nSPS) is 13.0. The molecule has 1 amide bonds. The van der Waals surface area contributed by atoms with Crippen LogP contribution in [0.3, 0.4) is 0 Å². The highest BCUT2D eigenvalue weighted by molar-refractivity contribution is 14.0. The maximum absolute atomic E-state index is 12.7. The van der Waals surface area contributed by atoms with Gasteiger partial charge in [-0.2, -0.15) is 0 Å². The van der Waals surface area contributed by atoms with Crippen LogP contribution in [0.5, 0.6) is 11.5 Å². The molecule has 1 N–H and O–H groups in total. The van der Waals surface area contributed by atoms with Crippen LogP contribution < -0.4 is 14.8 Å². The Morgan fingerprint density at radius 3 is 2.55 bits per heavy atom. The van der Waals surface area contributed by atoms with Crippen LogP contribution >= 0.6 is 24.0 Å². The number of guanidine groups is 1. The monoisotopic (exact) mass is 544 g/mol. The first-order valence-electron chi connectivity index (χ1n) is 10.6. The molecular weight excluding hydrogens is 507 g/mol. The highest BCUT2D eigenvalue weighted by Crippen LogP contribution is 2.33. The lowest BCUT2D eigenvalue weighted by Gasteiger charge is -2.30. The number of rotatable bonds is 10. The van der Waals surface area contributed by atoms with Gasteiger partial charge < -0.3 is 24.6 Å². The maximum atomic E-state index is 12.7. The quantitative estimate of drug-likeness (QED) is 0.161. The lowest BCUT2D eigenvalue weighted by Crippen LogP contribution is -2.40. The zero-order valence-corrected chi connectivity index (χ0v) is 21.6. The molecule has 0 saturated heterocycles. The Labute approximate surface area is 203 Å². The minimum absolute atomic E-state index is 0. The Hall–Kier alpha value is -1.97. The molecule has 0 spiro atoms. The molecule has 1 aromatic carbocycles. The van der Waals surface area contributed by atoms with Gasteiger partial charge in [-0.05, 0) is 48.9 Å². The molecule has 0 fully saturated rings. The van der Waals surface area contributed by atoms with Gasteiger partial charge in [-0.3, -0.25) is 9.79 Å². The standard InChI is InChI=1S/C23H36N4O3.HI/c1-6-7-8-13-26(3)23(24-2)25-12-9-10-22(28)27-14-11-18-15-20(29-4)21(30-5)16-19(18)17-27;/h6,15-16H,1,7-14,17H2,2-5H3,(H,24,25);1H. The Morgan fingerprint density at radius 2 is 1.94 bits per heavy atom. The molecule has 174 valence electrons. The van der Waals surface area contributed by atoms with Crippen molar-refractivity contribution in [3.05, 3.63) is 35.9 Å². The fraction of sp³-hybridized carbons (Fsp3) is 0.565. The fourth-order valence-corrected chi connectivity index (χ4v) is 3.66. The smallest absolute Gasteiger partial charge is 0.222 e. The van der Waals surface area contributed by atoms with Crippen molar-refractivity contribution in [3.63, 3.8) is 0 Å². The van der Waals surface area contributed by atoms with Gasteiger partial charge in [0.1, 0.15) is 0 Å². The third-order valence-electron chi connectivity index (χ3n) is 5.40. The molecule has 0 bridgehead atoms. The number of fused-ring (bicyclic) bond motifs is 1. The number of nitrogens with zero attached hydrogens (tertiary/aromatic N) is 3. The molecule has 1 aliphatic heterocycles. The van der Waals surface area contributed by atoms with Crippen molar-refractivity contribution in [2.24, 2.45) is 4.99 Å². The second-order valence-corrected chi connectivity index (χ2v) is 7.47. The fourth-order valence-electron chi connectivity index (χ4n) is 3.66. The van der Waals surface area contributed by atoms with E-state index < -0.39 is 0 Å². The molecule has 1 aromatic rings. The number of halogens is 1. The summed E-state index contributed by atoms with van der Waals surface area (Å²) in [5, 5.41) is 3.35. The van der Waals surface area contributed by atoms with E-state index in [1.54, 1.807) is 21.3 Å². The largest absolute Gasteiger partial charge is 0.493 e. The number of ether oxygens (including phenoxy) is 2. The SMILES string of the molecule is C=CCCCN(C)C(=NC)NCCCC(=O)N1CCc2cc(OC)c(OC)cc2C1.I. The first-order valence-corrected chi connectivity index (χ1v) is 10.6. The molecule has 1 heterocycles. The highest BCUT2D eigenvalue weighted by atomic mass is 127. The number of methoxy groups -OCH3 is 2. The molecule has 0 radical (unpaired) electrons. The van der Waals surface area contributed by atoms with Gasteiger partial charge in [0, 0.05) is 46.7 Å². The van der Waals surface area contributed by atoms with Crippen LogP contribution in [0.2, 0.25) is 0 Å². The molecule has 31 heavy (non-hydrogen) atoms. The third-order valence-corrected chi connectivity index (χ3v) is 5.40. The zero-order chi connectivity index (χ0) is 21.9. The van der Waals surface area contributed by atoms with Gasteiger partial charge in [0.2, 0.25) is 5.91 Å². The molecule has 8 heteroatoms. The van der Waals surface area contributed by atoms with Gasteiger partial charge >= 0.3 is 0 Å². The van der Waals surface area contributed by atoms with E-state index in [0.29, 0.717) is 18.7 Å². The predicted molar refractivity (Wildman–Crippen MR) is 137 cm³/mol. The summed E-state index contributed by atoms with van der Waals surface area (Å²) in [5.41, 5.74) is 2.36. The second kappa shape index (κ2) is 14.2. The third kappa shape index (κ3) is 7.90. The van der Waals surface area contributed by atoms with Crippen molar-refractivity contribution in [1.29, 1.82) is 0 Å². The molecule has 7 nitrogen and oxygen atoms in total. The summed E-state index contributed by atoms with van der Waals surface area (Å²) < 4.78 is 10.8. The van der Waals surface area contributed by atoms with Gasteiger partial charge in [-0.15, -0.1) is 30.6 Å². The number of nitrogens with one attached hydrogen (secondary N) is 1. The molecule has 0 unspecified atom stereocenters. The number of hydrogen-bond donors (Lipinski definition) is 1. The summed E-state index contributed by atoms with van der Waals surface area (Å²) in [6.07, 6.45) is 6.10. The van der Waals surface area contributed by atoms with E-state index in [9.17, 15) is 4.79 Å². The van der Waals surface area contributed by atoms with Crippen LogP contribution in [0.25, 0.3) is 0 Å². The number of carbonyl (C=O) groups is 1. The van der Waals surface area contributed by atoms with Crippen molar-refractivity contribution in [3.8, 4) is 11.5 Å². The van der Waals surface area contributed by atoms with E-state index in [1.165, 1.54) is 5.56 Å². The van der Waals surface area contributed by atoms with E-state index in [-0.39, 0.29) is 29.9 Å². The Bertz CT molecular complexity index is 755. The summed E-state index contributed by atoms with van der Waals surface area (Å²) in [6, 6.07) is 4.01.